The molecule has 6 heteroatoms. The van der Waals surface area contributed by atoms with Crippen molar-refractivity contribution < 1.29 is 18.7 Å². The Kier molecular flexibility index (Phi) is 4.09. The molecule has 0 saturated carbocycles. The van der Waals surface area contributed by atoms with Crippen molar-refractivity contribution in [3.63, 3.8) is 0 Å². The summed E-state index contributed by atoms with van der Waals surface area (Å²) in [5, 5.41) is 8.83. The Morgan fingerprint density at radius 2 is 2.00 bits per heavy atom. The van der Waals surface area contributed by atoms with Gasteiger partial charge in [-0.15, -0.1) is 0 Å². The van der Waals surface area contributed by atoms with E-state index in [4.69, 9.17) is 20.5 Å². The van der Waals surface area contributed by atoms with Crippen LogP contribution < -0.4 is 10.5 Å². The summed E-state index contributed by atoms with van der Waals surface area (Å²) in [6, 6.07) is 11.6. The molecule has 1 unspecified atom stereocenters. The van der Waals surface area contributed by atoms with Gasteiger partial charge in [0.25, 0.3) is 0 Å². The van der Waals surface area contributed by atoms with E-state index in [1.54, 1.807) is 30.3 Å². The topological polar surface area (TPSA) is 85.3 Å². The van der Waals surface area contributed by atoms with Crippen LogP contribution in [0.2, 0.25) is 0 Å². The maximum atomic E-state index is 13.9. The Hall–Kier alpha value is -3.07. The van der Waals surface area contributed by atoms with E-state index in [0.29, 0.717) is 23.5 Å². The molecule has 0 aromatic heterocycles. The molecule has 1 heterocycles. The third-order valence-corrected chi connectivity index (χ3v) is 4.26. The van der Waals surface area contributed by atoms with E-state index in [0.717, 1.165) is 5.56 Å². The van der Waals surface area contributed by atoms with E-state index in [1.165, 1.54) is 12.1 Å². The summed E-state index contributed by atoms with van der Waals surface area (Å²) in [5.41, 5.74) is 6.84. The lowest BCUT2D eigenvalue weighted by Crippen LogP contribution is -2.37. The zero-order chi connectivity index (χ0) is 18.2. The molecule has 1 aliphatic heterocycles. The average Bonchev–Trinajstić information content (AvgIpc) is 2.57. The van der Waals surface area contributed by atoms with Crippen molar-refractivity contribution in [3.8, 4) is 22.9 Å². The predicted molar refractivity (Wildman–Crippen MR) is 89.2 cm³/mol. The summed E-state index contributed by atoms with van der Waals surface area (Å²) in [4.78, 5) is 11.2. The number of fused-ring (bicyclic) bond motifs is 1. The number of carbonyl (C=O) groups excluding carboxylic acids is 1. The van der Waals surface area contributed by atoms with Crippen molar-refractivity contribution in [1.29, 1.82) is 5.26 Å². The molecule has 0 aliphatic carbocycles. The molecule has 2 N–H and O–H groups in total. The molecule has 1 atom stereocenters. The lowest BCUT2D eigenvalue weighted by molar-refractivity contribution is -0.0176. The van der Waals surface area contributed by atoms with Gasteiger partial charge < -0.3 is 15.2 Å². The predicted octanol–water partition coefficient (Wildman–Crippen LogP) is 3.92. The van der Waals surface area contributed by atoms with Gasteiger partial charge >= 0.3 is 6.09 Å². The lowest BCUT2D eigenvalue weighted by atomic mass is 9.80. The van der Waals surface area contributed by atoms with Crippen LogP contribution in [-0.4, -0.2) is 12.7 Å². The Morgan fingerprint density at radius 3 is 2.64 bits per heavy atom. The largest absolute Gasteiger partial charge is 0.492 e. The van der Waals surface area contributed by atoms with Crippen molar-refractivity contribution in [3.05, 3.63) is 53.3 Å². The summed E-state index contributed by atoms with van der Waals surface area (Å²) in [7, 11) is 0. The molecule has 0 bridgehead atoms. The number of rotatable bonds is 2. The van der Waals surface area contributed by atoms with Gasteiger partial charge in [0.2, 0.25) is 0 Å². The lowest BCUT2D eigenvalue weighted by Gasteiger charge is -2.38. The first-order chi connectivity index (χ1) is 11.8. The van der Waals surface area contributed by atoms with Crippen molar-refractivity contribution in [2.45, 2.75) is 20.0 Å². The minimum atomic E-state index is -0.843. The van der Waals surface area contributed by atoms with Crippen LogP contribution in [0.15, 0.2) is 36.4 Å². The molecule has 0 spiro atoms. The van der Waals surface area contributed by atoms with E-state index < -0.39 is 23.4 Å². The number of hydrogen-bond acceptors (Lipinski definition) is 4. The summed E-state index contributed by atoms with van der Waals surface area (Å²) in [5.74, 6) is -0.0115. The molecule has 0 saturated heterocycles. The number of primary amides is 1. The number of ether oxygens (including phenoxy) is 2. The highest BCUT2D eigenvalue weighted by Gasteiger charge is 2.40. The fourth-order valence-electron chi connectivity index (χ4n) is 2.94. The van der Waals surface area contributed by atoms with Crippen LogP contribution in [0, 0.1) is 22.6 Å². The monoisotopic (exact) mass is 340 g/mol. The van der Waals surface area contributed by atoms with Crippen LogP contribution >= 0.6 is 0 Å². The Balaban J connectivity index is 2.02. The van der Waals surface area contributed by atoms with Gasteiger partial charge in [0.05, 0.1) is 12.2 Å². The fourth-order valence-corrected chi connectivity index (χ4v) is 2.94. The summed E-state index contributed by atoms with van der Waals surface area (Å²) < 4.78 is 25.0. The van der Waals surface area contributed by atoms with Gasteiger partial charge in [0.15, 0.2) is 0 Å². The number of halogens is 1. The zero-order valence-corrected chi connectivity index (χ0v) is 13.9. The first-order valence-corrected chi connectivity index (χ1v) is 7.74. The number of nitrogens with two attached hydrogens (primary N) is 1. The molecular weight excluding hydrogens is 323 g/mol. The van der Waals surface area contributed by atoms with Crippen molar-refractivity contribution in [1.82, 2.24) is 0 Å². The normalized spacial score (nSPS) is 17.8. The molecular formula is C19H17FN2O3. The highest BCUT2D eigenvalue weighted by molar-refractivity contribution is 5.68. The summed E-state index contributed by atoms with van der Waals surface area (Å²) >= 11 is 0. The second-order valence-corrected chi connectivity index (χ2v) is 6.65. The van der Waals surface area contributed by atoms with E-state index in [1.807, 2.05) is 13.8 Å². The van der Waals surface area contributed by atoms with Crippen LogP contribution in [0.5, 0.6) is 5.75 Å². The van der Waals surface area contributed by atoms with Crippen molar-refractivity contribution >= 4 is 6.09 Å². The molecule has 5 nitrogen and oxygen atoms in total. The molecule has 25 heavy (non-hydrogen) atoms. The molecule has 128 valence electrons. The quantitative estimate of drug-likeness (QED) is 0.898. The number of nitrogens with zero attached hydrogens (tertiary/aromatic N) is 1. The number of carbonyl (C=O) groups is 1. The fraction of sp³-hybridized carbons (Fsp3) is 0.263. The van der Waals surface area contributed by atoms with Gasteiger partial charge in [-0.2, -0.15) is 5.26 Å². The average molecular weight is 340 g/mol. The molecule has 2 aromatic rings. The first-order valence-electron chi connectivity index (χ1n) is 7.74. The number of benzene rings is 2. The van der Waals surface area contributed by atoms with Gasteiger partial charge in [-0.25, -0.2) is 9.18 Å². The number of hydrogen-bond donors (Lipinski definition) is 1. The Bertz CT molecular complexity index is 887. The molecule has 0 fully saturated rings. The van der Waals surface area contributed by atoms with Gasteiger partial charge in [-0.1, -0.05) is 32.0 Å². The third-order valence-electron chi connectivity index (χ3n) is 4.26. The van der Waals surface area contributed by atoms with Crippen molar-refractivity contribution in [2.75, 3.05) is 6.61 Å². The van der Waals surface area contributed by atoms with Crippen LogP contribution in [0.1, 0.15) is 31.1 Å². The Morgan fingerprint density at radius 1 is 1.32 bits per heavy atom. The number of amides is 1. The van der Waals surface area contributed by atoms with Crippen LogP contribution in [0.25, 0.3) is 11.1 Å². The van der Waals surface area contributed by atoms with Crippen LogP contribution in [-0.2, 0) is 4.74 Å². The molecule has 1 amide bonds. The first kappa shape index (κ1) is 16.8. The van der Waals surface area contributed by atoms with Crippen LogP contribution in [0.4, 0.5) is 9.18 Å². The molecule has 1 aliphatic rings. The van der Waals surface area contributed by atoms with Gasteiger partial charge in [0, 0.05) is 11.0 Å². The summed E-state index contributed by atoms with van der Waals surface area (Å²) in [6.45, 7) is 4.20. The smallest absolute Gasteiger partial charge is 0.405 e. The van der Waals surface area contributed by atoms with E-state index in [-0.39, 0.29) is 5.56 Å². The molecule has 2 aromatic carbocycles. The second kappa shape index (κ2) is 6.10. The van der Waals surface area contributed by atoms with Crippen molar-refractivity contribution in [2.24, 2.45) is 11.1 Å². The molecule has 0 radical (unpaired) electrons. The standard InChI is InChI=1S/C19H17FN2O3/c1-19(2)10-24-16-8-12(5-6-14(16)17(19)25-18(22)23)11-3-4-13(9-21)15(20)7-11/h3-8,17H,10H2,1-2H3,(H2,22,23). The van der Waals surface area contributed by atoms with E-state index >= 15 is 0 Å². The van der Waals surface area contributed by atoms with Gasteiger partial charge in [0.1, 0.15) is 23.7 Å². The second-order valence-electron chi connectivity index (χ2n) is 6.65. The molecule has 3 rings (SSSR count). The third kappa shape index (κ3) is 3.13. The van der Waals surface area contributed by atoms with E-state index in [9.17, 15) is 9.18 Å². The Labute approximate surface area is 144 Å². The maximum absolute atomic E-state index is 13.9. The SMILES string of the molecule is CC1(C)COc2cc(-c3ccc(C#N)c(F)c3)ccc2C1OC(N)=O. The van der Waals surface area contributed by atoms with Gasteiger partial charge in [-0.05, 0) is 29.3 Å². The highest BCUT2D eigenvalue weighted by atomic mass is 19.1. The number of nitriles is 1. The minimum absolute atomic E-state index is 0.00497. The maximum Gasteiger partial charge on any atom is 0.405 e. The zero-order valence-electron chi connectivity index (χ0n) is 13.9. The van der Waals surface area contributed by atoms with Crippen LogP contribution in [0.3, 0.4) is 0 Å². The van der Waals surface area contributed by atoms with E-state index in [2.05, 4.69) is 0 Å². The minimum Gasteiger partial charge on any atom is -0.492 e. The van der Waals surface area contributed by atoms with Gasteiger partial charge in [-0.3, -0.25) is 0 Å². The highest BCUT2D eigenvalue weighted by Crippen LogP contribution is 2.46. The summed E-state index contributed by atoms with van der Waals surface area (Å²) in [6.07, 6.45) is -1.37.